The average Bonchev–Trinajstić information content (AvgIpc) is 3.08. The summed E-state index contributed by atoms with van der Waals surface area (Å²) in [4.78, 5) is 0. The fourth-order valence-electron chi connectivity index (χ4n) is 3.16. The molecule has 0 bridgehead atoms. The lowest BCUT2D eigenvalue weighted by Gasteiger charge is -2.24. The maximum absolute atomic E-state index is 6.50. The van der Waals surface area contributed by atoms with E-state index in [0.717, 1.165) is 28.9 Å². The van der Waals surface area contributed by atoms with Crippen LogP contribution in [0.4, 0.5) is 5.69 Å². The van der Waals surface area contributed by atoms with E-state index in [1.807, 2.05) is 71.7 Å². The topological polar surface area (TPSA) is 15.6 Å². The molecule has 3 aromatic carbocycles. The van der Waals surface area contributed by atoms with Gasteiger partial charge in [0.1, 0.15) is 0 Å². The molecule has 1 heterocycles. The summed E-state index contributed by atoms with van der Waals surface area (Å²) < 4.78 is 0. The van der Waals surface area contributed by atoms with Crippen LogP contribution in [0.3, 0.4) is 0 Å². The zero-order valence-corrected chi connectivity index (χ0v) is 16.0. The van der Waals surface area contributed by atoms with Gasteiger partial charge < -0.3 is 0 Å². The Balaban J connectivity index is 1.77. The Morgan fingerprint density at radius 3 is 2.19 bits per heavy atom. The van der Waals surface area contributed by atoms with Gasteiger partial charge in [0.15, 0.2) is 0 Å². The number of hydrogen-bond acceptors (Lipinski definition) is 2. The summed E-state index contributed by atoms with van der Waals surface area (Å²) in [5, 5.41) is 8.91. The molecule has 1 atom stereocenters. The van der Waals surface area contributed by atoms with E-state index in [4.69, 9.17) is 39.9 Å². The molecule has 26 heavy (non-hydrogen) atoms. The maximum atomic E-state index is 6.50. The van der Waals surface area contributed by atoms with Crippen LogP contribution in [0.2, 0.25) is 15.1 Å². The largest absolute Gasteiger partial charge is 0.257 e. The molecule has 1 aliphatic heterocycles. The number of rotatable bonds is 3. The lowest BCUT2D eigenvalue weighted by atomic mass is 9.98. The number of para-hydroxylation sites is 1. The molecule has 0 spiro atoms. The molecule has 0 amide bonds. The molecule has 0 unspecified atom stereocenters. The molecule has 5 heteroatoms. The Morgan fingerprint density at radius 2 is 1.50 bits per heavy atom. The number of hydrazone groups is 1. The van der Waals surface area contributed by atoms with Crippen LogP contribution in [0.15, 0.2) is 77.9 Å². The molecule has 0 saturated heterocycles. The van der Waals surface area contributed by atoms with Crippen LogP contribution in [-0.4, -0.2) is 5.71 Å². The highest BCUT2D eigenvalue weighted by molar-refractivity contribution is 6.35. The van der Waals surface area contributed by atoms with Gasteiger partial charge in [0.05, 0.1) is 17.4 Å². The molecule has 3 aromatic rings. The second-order valence-electron chi connectivity index (χ2n) is 6.12. The van der Waals surface area contributed by atoms with Gasteiger partial charge in [0, 0.05) is 21.5 Å². The van der Waals surface area contributed by atoms with Crippen molar-refractivity contribution in [2.24, 2.45) is 5.10 Å². The Labute approximate surface area is 167 Å². The highest BCUT2D eigenvalue weighted by Gasteiger charge is 2.31. The van der Waals surface area contributed by atoms with Crippen molar-refractivity contribution in [2.75, 3.05) is 5.01 Å². The van der Waals surface area contributed by atoms with Crippen molar-refractivity contribution >= 4 is 46.2 Å². The van der Waals surface area contributed by atoms with Crippen LogP contribution >= 0.6 is 34.8 Å². The molecule has 0 radical (unpaired) electrons. The molecule has 0 saturated carbocycles. The monoisotopic (exact) mass is 400 g/mol. The smallest absolute Gasteiger partial charge is 0.0846 e. The van der Waals surface area contributed by atoms with Gasteiger partial charge in [-0.2, -0.15) is 5.10 Å². The molecule has 0 N–H and O–H groups in total. The van der Waals surface area contributed by atoms with Crippen LogP contribution in [0.1, 0.15) is 23.6 Å². The van der Waals surface area contributed by atoms with Gasteiger partial charge in [-0.15, -0.1) is 0 Å². The second-order valence-corrected chi connectivity index (χ2v) is 7.40. The summed E-state index contributed by atoms with van der Waals surface area (Å²) in [6, 6.07) is 23.5. The third-order valence-electron chi connectivity index (χ3n) is 4.43. The van der Waals surface area contributed by atoms with Gasteiger partial charge in [0.25, 0.3) is 0 Å². The molecule has 130 valence electrons. The van der Waals surface area contributed by atoms with Crippen molar-refractivity contribution in [3.8, 4) is 0 Å². The van der Waals surface area contributed by atoms with Crippen LogP contribution in [0, 0.1) is 0 Å². The zero-order chi connectivity index (χ0) is 18.1. The van der Waals surface area contributed by atoms with Gasteiger partial charge in [-0.05, 0) is 47.5 Å². The first-order valence-electron chi connectivity index (χ1n) is 8.24. The predicted molar refractivity (Wildman–Crippen MR) is 111 cm³/mol. The minimum absolute atomic E-state index is 0.00726. The third kappa shape index (κ3) is 3.45. The molecular weight excluding hydrogens is 387 g/mol. The molecule has 1 aliphatic rings. The molecular formula is C21H15Cl3N2. The van der Waals surface area contributed by atoms with Crippen molar-refractivity contribution < 1.29 is 0 Å². The molecule has 2 nitrogen and oxygen atoms in total. The molecule has 4 rings (SSSR count). The summed E-state index contributed by atoms with van der Waals surface area (Å²) in [6.07, 6.45) is 0.748. The van der Waals surface area contributed by atoms with E-state index in [9.17, 15) is 0 Å². The Kier molecular flexibility index (Phi) is 4.90. The molecule has 0 aliphatic carbocycles. The van der Waals surface area contributed by atoms with Crippen LogP contribution in [0.5, 0.6) is 0 Å². The SMILES string of the molecule is Clc1ccc(C2=NN(c3ccccc3)[C@@H](c3ccc(Cl)cc3Cl)C2)cc1. The summed E-state index contributed by atoms with van der Waals surface area (Å²) in [5.41, 5.74) is 4.09. The second kappa shape index (κ2) is 7.32. The normalized spacial score (nSPS) is 16.7. The first-order chi connectivity index (χ1) is 12.6. The first kappa shape index (κ1) is 17.4. The fourth-order valence-corrected chi connectivity index (χ4v) is 3.82. The predicted octanol–water partition coefficient (Wildman–Crippen LogP) is 7.00. The number of benzene rings is 3. The third-order valence-corrected chi connectivity index (χ3v) is 5.24. The molecule has 0 fully saturated rings. The van der Waals surface area contributed by atoms with Gasteiger partial charge >= 0.3 is 0 Å². The maximum Gasteiger partial charge on any atom is 0.0846 e. The van der Waals surface area contributed by atoms with Crippen LogP contribution < -0.4 is 5.01 Å². The Morgan fingerprint density at radius 1 is 0.808 bits per heavy atom. The fraction of sp³-hybridized carbons (Fsp3) is 0.0952. The van der Waals surface area contributed by atoms with E-state index < -0.39 is 0 Å². The van der Waals surface area contributed by atoms with Crippen molar-refractivity contribution in [2.45, 2.75) is 12.5 Å². The van der Waals surface area contributed by atoms with Crippen molar-refractivity contribution in [1.82, 2.24) is 0 Å². The van der Waals surface area contributed by atoms with Gasteiger partial charge in [0.2, 0.25) is 0 Å². The lowest BCUT2D eigenvalue weighted by Crippen LogP contribution is -2.18. The van der Waals surface area contributed by atoms with Gasteiger partial charge in [-0.3, -0.25) is 5.01 Å². The minimum atomic E-state index is 0.00726. The highest BCUT2D eigenvalue weighted by atomic mass is 35.5. The number of hydrogen-bond donors (Lipinski definition) is 0. The lowest BCUT2D eigenvalue weighted by molar-refractivity contribution is 0.709. The van der Waals surface area contributed by atoms with Crippen LogP contribution in [0.25, 0.3) is 0 Å². The quantitative estimate of drug-likeness (QED) is 0.461. The average molecular weight is 402 g/mol. The van der Waals surface area contributed by atoms with E-state index in [2.05, 4.69) is 0 Å². The van der Waals surface area contributed by atoms with E-state index in [1.54, 1.807) is 6.07 Å². The number of anilines is 1. The summed E-state index contributed by atoms with van der Waals surface area (Å²) in [6.45, 7) is 0. The Hall–Kier alpha value is -2.00. The van der Waals surface area contributed by atoms with E-state index >= 15 is 0 Å². The molecule has 0 aromatic heterocycles. The summed E-state index contributed by atoms with van der Waals surface area (Å²) >= 11 is 18.6. The van der Waals surface area contributed by atoms with Crippen molar-refractivity contribution in [1.29, 1.82) is 0 Å². The van der Waals surface area contributed by atoms with E-state index in [0.29, 0.717) is 15.1 Å². The van der Waals surface area contributed by atoms with Gasteiger partial charge in [-0.25, -0.2) is 0 Å². The summed E-state index contributed by atoms with van der Waals surface area (Å²) in [5.74, 6) is 0. The first-order valence-corrected chi connectivity index (χ1v) is 9.38. The van der Waals surface area contributed by atoms with Crippen LogP contribution in [-0.2, 0) is 0 Å². The van der Waals surface area contributed by atoms with Crippen molar-refractivity contribution in [3.63, 3.8) is 0 Å². The minimum Gasteiger partial charge on any atom is -0.257 e. The Bertz CT molecular complexity index is 953. The van der Waals surface area contributed by atoms with E-state index in [1.165, 1.54) is 0 Å². The number of nitrogens with zero attached hydrogens (tertiary/aromatic N) is 2. The standard InChI is InChI=1S/C21H15Cl3N2/c22-15-8-6-14(7-9-15)20-13-21(18-11-10-16(23)12-19(18)24)26(25-20)17-4-2-1-3-5-17/h1-12,21H,13H2/t21-/m1/s1. The van der Waals surface area contributed by atoms with E-state index in [-0.39, 0.29) is 6.04 Å². The van der Waals surface area contributed by atoms with Crippen molar-refractivity contribution in [3.05, 3.63) is 99.0 Å². The number of halogens is 3. The summed E-state index contributed by atoms with van der Waals surface area (Å²) in [7, 11) is 0. The highest BCUT2D eigenvalue weighted by Crippen LogP contribution is 2.40. The zero-order valence-electron chi connectivity index (χ0n) is 13.7. The van der Waals surface area contributed by atoms with Gasteiger partial charge in [-0.1, -0.05) is 71.2 Å².